The first-order valence-corrected chi connectivity index (χ1v) is 8.09. The van der Waals surface area contributed by atoms with E-state index >= 15 is 0 Å². The number of hydrogen-bond donors (Lipinski definition) is 1. The van der Waals surface area contributed by atoms with Crippen LogP contribution in [0.4, 0.5) is 0 Å². The highest BCUT2D eigenvalue weighted by Crippen LogP contribution is 2.38. The Hall–Kier alpha value is -1.99. The zero-order valence-corrected chi connectivity index (χ0v) is 13.2. The molecule has 7 nitrogen and oxygen atoms in total. The number of rotatable bonds is 2. The van der Waals surface area contributed by atoms with Crippen LogP contribution in [0.3, 0.4) is 0 Å². The molecular formula is C15H17ClN6O. The number of carbonyl (C=O) groups is 1. The molecule has 1 aliphatic heterocycles. The molecule has 0 bridgehead atoms. The summed E-state index contributed by atoms with van der Waals surface area (Å²) in [6.07, 6.45) is 3.63. The number of amides is 1. The van der Waals surface area contributed by atoms with Crippen LogP contribution in [-0.4, -0.2) is 50.1 Å². The van der Waals surface area contributed by atoms with E-state index in [1.54, 1.807) is 18.2 Å². The monoisotopic (exact) mass is 332 g/mol. The van der Waals surface area contributed by atoms with Gasteiger partial charge < -0.3 is 10.6 Å². The summed E-state index contributed by atoms with van der Waals surface area (Å²) in [4.78, 5) is 14.9. The number of aromatic nitrogens is 4. The number of nitrogens with two attached hydrogens (primary N) is 1. The van der Waals surface area contributed by atoms with Gasteiger partial charge in [-0.25, -0.2) is 0 Å². The summed E-state index contributed by atoms with van der Waals surface area (Å²) in [5.41, 5.74) is 7.31. The Bertz CT molecular complexity index is 734. The second-order valence-electron chi connectivity index (χ2n) is 6.29. The van der Waals surface area contributed by atoms with Gasteiger partial charge in [0.05, 0.1) is 11.3 Å². The van der Waals surface area contributed by atoms with Crippen molar-refractivity contribution in [3.8, 4) is 5.69 Å². The van der Waals surface area contributed by atoms with E-state index in [2.05, 4.69) is 15.5 Å². The minimum Gasteiger partial charge on any atom is -0.338 e. The minimum atomic E-state index is -0.0420. The summed E-state index contributed by atoms with van der Waals surface area (Å²) in [6.45, 7) is 1.48. The van der Waals surface area contributed by atoms with Gasteiger partial charge in [-0.15, -0.1) is 5.10 Å². The normalized spacial score (nSPS) is 26.5. The molecule has 23 heavy (non-hydrogen) atoms. The molecule has 1 saturated heterocycles. The minimum absolute atomic E-state index is 0.0420. The molecule has 2 N–H and O–H groups in total. The number of tetrazole rings is 1. The lowest BCUT2D eigenvalue weighted by molar-refractivity contribution is 0.0779. The van der Waals surface area contributed by atoms with E-state index in [0.29, 0.717) is 34.7 Å². The molecule has 0 spiro atoms. The highest BCUT2D eigenvalue weighted by atomic mass is 35.5. The molecule has 4 rings (SSSR count). The third kappa shape index (κ3) is 2.49. The molecule has 0 radical (unpaired) electrons. The molecule has 3 atom stereocenters. The lowest BCUT2D eigenvalue weighted by Gasteiger charge is -2.20. The summed E-state index contributed by atoms with van der Waals surface area (Å²) in [6, 6.07) is 5.36. The third-order valence-corrected chi connectivity index (χ3v) is 5.22. The molecule has 2 fully saturated rings. The van der Waals surface area contributed by atoms with Crippen molar-refractivity contribution < 1.29 is 4.79 Å². The number of benzene rings is 1. The molecule has 8 heteroatoms. The Morgan fingerprint density at radius 1 is 1.30 bits per heavy atom. The number of likely N-dealkylation sites (tertiary alicyclic amines) is 1. The van der Waals surface area contributed by atoms with Crippen molar-refractivity contribution in [3.05, 3.63) is 35.1 Å². The lowest BCUT2D eigenvalue weighted by Crippen LogP contribution is -2.34. The zero-order valence-electron chi connectivity index (χ0n) is 12.5. The van der Waals surface area contributed by atoms with Crippen LogP contribution >= 0.6 is 11.6 Å². The van der Waals surface area contributed by atoms with Gasteiger partial charge in [0.1, 0.15) is 6.33 Å². The zero-order chi connectivity index (χ0) is 16.0. The number of fused-ring (bicyclic) bond motifs is 1. The molecule has 1 aliphatic carbocycles. The van der Waals surface area contributed by atoms with Crippen LogP contribution in [0.2, 0.25) is 5.02 Å². The maximum atomic E-state index is 13.0. The maximum absolute atomic E-state index is 13.0. The molecule has 2 aliphatic rings. The summed E-state index contributed by atoms with van der Waals surface area (Å²) in [5, 5.41) is 11.7. The van der Waals surface area contributed by atoms with E-state index in [1.807, 2.05) is 4.90 Å². The van der Waals surface area contributed by atoms with E-state index < -0.39 is 0 Å². The van der Waals surface area contributed by atoms with Crippen LogP contribution < -0.4 is 5.73 Å². The van der Waals surface area contributed by atoms with Gasteiger partial charge in [0.2, 0.25) is 0 Å². The van der Waals surface area contributed by atoms with Crippen molar-refractivity contribution >= 4 is 17.5 Å². The number of carbonyl (C=O) groups excluding carboxylic acids is 1. The van der Waals surface area contributed by atoms with Crippen molar-refractivity contribution in [2.45, 2.75) is 18.9 Å². The van der Waals surface area contributed by atoms with Gasteiger partial charge in [0.25, 0.3) is 5.91 Å². The second kappa shape index (κ2) is 5.58. The van der Waals surface area contributed by atoms with E-state index in [-0.39, 0.29) is 11.9 Å². The first-order valence-electron chi connectivity index (χ1n) is 7.71. The summed E-state index contributed by atoms with van der Waals surface area (Å²) < 4.78 is 1.48. The first kappa shape index (κ1) is 14.6. The first-order chi connectivity index (χ1) is 11.1. The maximum Gasteiger partial charge on any atom is 0.256 e. The molecule has 120 valence electrons. The van der Waals surface area contributed by atoms with Crippen molar-refractivity contribution in [2.24, 2.45) is 17.6 Å². The largest absolute Gasteiger partial charge is 0.338 e. The standard InChI is InChI=1S/C15H17ClN6O/c16-10-2-4-14(22-8-18-19-20-22)11(5-10)15(23)21-6-9-1-3-13(17)12(9)7-21/h2,4-5,8-9,12-13H,1,3,6-7,17H2. The van der Waals surface area contributed by atoms with Crippen LogP contribution in [0.25, 0.3) is 5.69 Å². The fourth-order valence-electron chi connectivity index (χ4n) is 3.79. The SMILES string of the molecule is NC1CCC2CN(C(=O)c3cc(Cl)ccc3-n3cnnn3)CC12. The summed E-state index contributed by atoms with van der Waals surface area (Å²) >= 11 is 6.10. The molecule has 2 heterocycles. The Morgan fingerprint density at radius 2 is 2.17 bits per heavy atom. The van der Waals surface area contributed by atoms with E-state index in [1.165, 1.54) is 11.0 Å². The van der Waals surface area contributed by atoms with Gasteiger partial charge in [0.15, 0.2) is 0 Å². The van der Waals surface area contributed by atoms with Crippen LogP contribution in [0, 0.1) is 11.8 Å². The molecule has 1 aromatic heterocycles. The van der Waals surface area contributed by atoms with E-state index in [4.69, 9.17) is 17.3 Å². The molecule has 2 aromatic rings. The lowest BCUT2D eigenvalue weighted by atomic mass is 9.98. The fourth-order valence-corrected chi connectivity index (χ4v) is 3.97. The van der Waals surface area contributed by atoms with Gasteiger partial charge in [-0.05, 0) is 53.3 Å². The third-order valence-electron chi connectivity index (χ3n) is 4.98. The van der Waals surface area contributed by atoms with Crippen molar-refractivity contribution in [1.29, 1.82) is 0 Å². The van der Waals surface area contributed by atoms with Gasteiger partial charge in [0, 0.05) is 24.2 Å². The average molecular weight is 333 g/mol. The Kier molecular flexibility index (Phi) is 3.54. The number of nitrogens with zero attached hydrogens (tertiary/aromatic N) is 5. The van der Waals surface area contributed by atoms with Crippen LogP contribution in [0.5, 0.6) is 0 Å². The number of hydrogen-bond acceptors (Lipinski definition) is 5. The molecule has 1 saturated carbocycles. The highest BCUT2D eigenvalue weighted by molar-refractivity contribution is 6.31. The molecule has 1 aromatic carbocycles. The van der Waals surface area contributed by atoms with Crippen LogP contribution in [-0.2, 0) is 0 Å². The van der Waals surface area contributed by atoms with Crippen LogP contribution in [0.15, 0.2) is 24.5 Å². The highest BCUT2D eigenvalue weighted by Gasteiger charge is 2.42. The van der Waals surface area contributed by atoms with E-state index in [0.717, 1.165) is 19.4 Å². The van der Waals surface area contributed by atoms with Gasteiger partial charge in [-0.3, -0.25) is 4.79 Å². The van der Waals surface area contributed by atoms with Crippen molar-refractivity contribution in [1.82, 2.24) is 25.1 Å². The average Bonchev–Trinajstić information content (AvgIpc) is 3.25. The van der Waals surface area contributed by atoms with E-state index in [9.17, 15) is 4.79 Å². The summed E-state index contributed by atoms with van der Waals surface area (Å²) in [5.74, 6) is 0.888. The Morgan fingerprint density at radius 3 is 2.91 bits per heavy atom. The topological polar surface area (TPSA) is 89.9 Å². The smallest absolute Gasteiger partial charge is 0.256 e. The predicted molar refractivity (Wildman–Crippen MR) is 84.3 cm³/mol. The molecule has 1 amide bonds. The molecular weight excluding hydrogens is 316 g/mol. The van der Waals surface area contributed by atoms with Crippen molar-refractivity contribution in [3.63, 3.8) is 0 Å². The van der Waals surface area contributed by atoms with Crippen LogP contribution in [0.1, 0.15) is 23.2 Å². The Labute approximate surface area is 138 Å². The van der Waals surface area contributed by atoms with Gasteiger partial charge in [-0.1, -0.05) is 11.6 Å². The van der Waals surface area contributed by atoms with Gasteiger partial charge in [-0.2, -0.15) is 4.68 Å². The van der Waals surface area contributed by atoms with Crippen molar-refractivity contribution in [2.75, 3.05) is 13.1 Å². The molecule has 3 unspecified atom stereocenters. The summed E-state index contributed by atoms with van der Waals surface area (Å²) in [7, 11) is 0. The quantitative estimate of drug-likeness (QED) is 0.890. The Balaban J connectivity index is 1.65. The number of halogens is 1. The fraction of sp³-hybridized carbons (Fsp3) is 0.467. The second-order valence-corrected chi connectivity index (χ2v) is 6.73. The van der Waals surface area contributed by atoms with Gasteiger partial charge >= 0.3 is 0 Å². The predicted octanol–water partition coefficient (Wildman–Crippen LogP) is 1.12.